The third-order valence-electron chi connectivity index (χ3n) is 4.49. The Morgan fingerprint density at radius 1 is 1.04 bits per heavy atom. The number of halogens is 2. The van der Waals surface area contributed by atoms with Crippen molar-refractivity contribution in [2.75, 3.05) is 26.2 Å². The van der Waals surface area contributed by atoms with Crippen molar-refractivity contribution < 1.29 is 22.0 Å². The van der Waals surface area contributed by atoms with Gasteiger partial charge in [-0.1, -0.05) is 12.1 Å². The van der Waals surface area contributed by atoms with Gasteiger partial charge in [-0.15, -0.1) is 0 Å². The van der Waals surface area contributed by atoms with E-state index in [9.17, 15) is 22.0 Å². The Kier molecular flexibility index (Phi) is 5.72. The van der Waals surface area contributed by atoms with E-state index in [1.807, 2.05) is 6.07 Å². The number of rotatable bonds is 4. The molecule has 0 radical (unpaired) electrons. The van der Waals surface area contributed by atoms with Crippen LogP contribution in [0.4, 0.5) is 8.78 Å². The summed E-state index contributed by atoms with van der Waals surface area (Å²) >= 11 is 0. The number of hydrogen-bond acceptors (Lipinski definition) is 4. The average Bonchev–Trinajstić information content (AvgIpc) is 2.69. The molecule has 2 aromatic rings. The molecule has 9 heteroatoms. The first-order valence-electron chi connectivity index (χ1n) is 8.51. The van der Waals surface area contributed by atoms with Crippen molar-refractivity contribution in [1.82, 2.24) is 9.21 Å². The normalized spacial score (nSPS) is 15.2. The van der Waals surface area contributed by atoms with E-state index in [-0.39, 0.29) is 37.5 Å². The maximum Gasteiger partial charge on any atom is 0.254 e. The third kappa shape index (κ3) is 4.35. The molecular formula is C19H17F2N3O3S. The van der Waals surface area contributed by atoms with Gasteiger partial charge in [-0.05, 0) is 35.9 Å². The minimum atomic E-state index is -3.61. The number of piperazine rings is 1. The van der Waals surface area contributed by atoms with Gasteiger partial charge in [0, 0.05) is 31.7 Å². The molecule has 0 saturated carbocycles. The van der Waals surface area contributed by atoms with Crippen molar-refractivity contribution in [1.29, 1.82) is 5.26 Å². The van der Waals surface area contributed by atoms with Crippen LogP contribution in [0.5, 0.6) is 0 Å². The number of benzene rings is 2. The molecule has 0 bridgehead atoms. The van der Waals surface area contributed by atoms with Gasteiger partial charge < -0.3 is 4.90 Å². The van der Waals surface area contributed by atoms with Gasteiger partial charge in [0.15, 0.2) is 11.6 Å². The van der Waals surface area contributed by atoms with Crippen LogP contribution in [0.25, 0.3) is 0 Å². The van der Waals surface area contributed by atoms with E-state index in [2.05, 4.69) is 0 Å². The first-order chi connectivity index (χ1) is 13.3. The zero-order chi connectivity index (χ0) is 20.3. The Balaban J connectivity index is 1.64. The molecule has 0 atom stereocenters. The fourth-order valence-electron chi connectivity index (χ4n) is 3.01. The van der Waals surface area contributed by atoms with Gasteiger partial charge in [0.1, 0.15) is 0 Å². The maximum atomic E-state index is 13.3. The maximum absolute atomic E-state index is 13.3. The summed E-state index contributed by atoms with van der Waals surface area (Å²) in [5.74, 6) is -2.85. The monoisotopic (exact) mass is 405 g/mol. The lowest BCUT2D eigenvalue weighted by Gasteiger charge is -2.34. The van der Waals surface area contributed by atoms with Crippen molar-refractivity contribution in [3.63, 3.8) is 0 Å². The molecule has 28 heavy (non-hydrogen) atoms. The molecule has 1 heterocycles. The molecule has 3 rings (SSSR count). The molecule has 2 aromatic carbocycles. The minimum absolute atomic E-state index is 0.0172. The minimum Gasteiger partial charge on any atom is -0.336 e. The fraction of sp³-hybridized carbons (Fsp3) is 0.263. The van der Waals surface area contributed by atoms with Gasteiger partial charge in [0.25, 0.3) is 5.91 Å². The van der Waals surface area contributed by atoms with E-state index < -0.39 is 27.6 Å². The molecule has 1 amide bonds. The number of hydrogen-bond donors (Lipinski definition) is 0. The van der Waals surface area contributed by atoms with Crippen LogP contribution in [-0.2, 0) is 15.8 Å². The number of sulfonamides is 1. The third-order valence-corrected chi connectivity index (χ3v) is 6.34. The Morgan fingerprint density at radius 2 is 1.75 bits per heavy atom. The van der Waals surface area contributed by atoms with Gasteiger partial charge in [-0.25, -0.2) is 17.2 Å². The molecule has 1 aliphatic rings. The number of carbonyl (C=O) groups excluding carboxylic acids is 1. The van der Waals surface area contributed by atoms with Gasteiger partial charge in [0.2, 0.25) is 10.0 Å². The zero-order valence-corrected chi connectivity index (χ0v) is 15.6. The average molecular weight is 405 g/mol. The predicted molar refractivity (Wildman–Crippen MR) is 97.6 cm³/mol. The summed E-state index contributed by atoms with van der Waals surface area (Å²) < 4.78 is 52.9. The highest BCUT2D eigenvalue weighted by atomic mass is 32.2. The second-order valence-electron chi connectivity index (χ2n) is 6.39. The molecule has 1 fully saturated rings. The molecule has 146 valence electrons. The van der Waals surface area contributed by atoms with Crippen molar-refractivity contribution in [3.8, 4) is 6.07 Å². The highest BCUT2D eigenvalue weighted by Crippen LogP contribution is 2.17. The Hall–Kier alpha value is -2.83. The van der Waals surface area contributed by atoms with E-state index in [0.717, 1.165) is 12.1 Å². The molecule has 0 spiro atoms. The molecule has 1 saturated heterocycles. The molecule has 0 unspecified atom stereocenters. The summed E-state index contributed by atoms with van der Waals surface area (Å²) in [6, 6.07) is 11.3. The SMILES string of the molecule is N#Cc1cccc(CS(=O)(=O)N2CCN(C(=O)c3ccc(F)c(F)c3)CC2)c1. The van der Waals surface area contributed by atoms with Gasteiger partial charge in [-0.3, -0.25) is 4.79 Å². The van der Waals surface area contributed by atoms with Crippen LogP contribution in [0.1, 0.15) is 21.5 Å². The quantitative estimate of drug-likeness (QED) is 0.780. The van der Waals surface area contributed by atoms with Crippen molar-refractivity contribution >= 4 is 15.9 Å². The number of amides is 1. The predicted octanol–water partition coefficient (Wildman–Crippen LogP) is 2.12. The summed E-state index contributed by atoms with van der Waals surface area (Å²) in [5.41, 5.74) is 0.914. The van der Waals surface area contributed by atoms with Crippen molar-refractivity contribution in [2.45, 2.75) is 5.75 Å². The van der Waals surface area contributed by atoms with E-state index in [1.165, 1.54) is 21.3 Å². The van der Waals surface area contributed by atoms with Gasteiger partial charge in [0.05, 0.1) is 17.4 Å². The summed E-state index contributed by atoms with van der Waals surface area (Å²) in [4.78, 5) is 13.8. The van der Waals surface area contributed by atoms with Crippen LogP contribution in [0, 0.1) is 23.0 Å². The number of carbonyl (C=O) groups is 1. The first-order valence-corrected chi connectivity index (χ1v) is 10.1. The lowest BCUT2D eigenvalue weighted by molar-refractivity contribution is 0.0697. The van der Waals surface area contributed by atoms with Crippen LogP contribution in [0.3, 0.4) is 0 Å². The van der Waals surface area contributed by atoms with Crippen LogP contribution >= 0.6 is 0 Å². The molecule has 0 aliphatic carbocycles. The molecular weight excluding hydrogens is 388 g/mol. The van der Waals surface area contributed by atoms with Crippen LogP contribution in [0.2, 0.25) is 0 Å². The first kappa shape index (κ1) is 19.9. The highest BCUT2D eigenvalue weighted by molar-refractivity contribution is 7.88. The molecule has 6 nitrogen and oxygen atoms in total. The molecule has 1 aliphatic heterocycles. The van der Waals surface area contributed by atoms with Crippen LogP contribution in [0.15, 0.2) is 42.5 Å². The smallest absolute Gasteiger partial charge is 0.254 e. The lowest BCUT2D eigenvalue weighted by atomic mass is 10.1. The van der Waals surface area contributed by atoms with E-state index in [4.69, 9.17) is 5.26 Å². The Bertz CT molecular complexity index is 1040. The van der Waals surface area contributed by atoms with E-state index in [1.54, 1.807) is 18.2 Å². The van der Waals surface area contributed by atoms with Crippen molar-refractivity contribution in [2.24, 2.45) is 0 Å². The Morgan fingerprint density at radius 3 is 2.39 bits per heavy atom. The topological polar surface area (TPSA) is 81.5 Å². The van der Waals surface area contributed by atoms with E-state index >= 15 is 0 Å². The Labute approximate surface area is 161 Å². The fourth-order valence-corrected chi connectivity index (χ4v) is 4.52. The van der Waals surface area contributed by atoms with Crippen LogP contribution in [-0.4, -0.2) is 49.7 Å². The second-order valence-corrected chi connectivity index (χ2v) is 8.36. The number of nitrogens with zero attached hydrogens (tertiary/aromatic N) is 3. The molecule has 0 N–H and O–H groups in total. The van der Waals surface area contributed by atoms with Gasteiger partial charge >= 0.3 is 0 Å². The summed E-state index contributed by atoms with van der Waals surface area (Å²) in [5, 5.41) is 8.92. The van der Waals surface area contributed by atoms with Crippen molar-refractivity contribution in [3.05, 3.63) is 70.8 Å². The summed E-state index contributed by atoms with van der Waals surface area (Å²) in [7, 11) is -3.61. The van der Waals surface area contributed by atoms with E-state index in [0.29, 0.717) is 11.1 Å². The highest BCUT2D eigenvalue weighted by Gasteiger charge is 2.29. The summed E-state index contributed by atoms with van der Waals surface area (Å²) in [6.45, 7) is 0.510. The van der Waals surface area contributed by atoms with Crippen LogP contribution < -0.4 is 0 Å². The lowest BCUT2D eigenvalue weighted by Crippen LogP contribution is -2.50. The second kappa shape index (κ2) is 8.04. The largest absolute Gasteiger partial charge is 0.336 e. The van der Waals surface area contributed by atoms with Gasteiger partial charge in [-0.2, -0.15) is 9.57 Å². The number of nitriles is 1. The summed E-state index contributed by atoms with van der Waals surface area (Å²) in [6.07, 6.45) is 0. The zero-order valence-electron chi connectivity index (χ0n) is 14.8. The standard InChI is InChI=1S/C19H17F2N3O3S/c20-17-5-4-16(11-18(17)21)19(25)23-6-8-24(9-7-23)28(26,27)13-15-3-1-2-14(10-15)12-22/h1-5,10-11H,6-9,13H2. The molecule has 0 aromatic heterocycles.